The second-order valence-corrected chi connectivity index (χ2v) is 17.8. The lowest BCUT2D eigenvalue weighted by Crippen LogP contribution is -2.38. The number of phosphoric acid groups is 2. The third-order valence-corrected chi connectivity index (χ3v) is 12.0. The summed E-state index contributed by atoms with van der Waals surface area (Å²) < 4.78 is 59.7. The molecule has 61 heavy (non-hydrogen) atoms. The summed E-state index contributed by atoms with van der Waals surface area (Å²) in [7, 11) is -10.3. The number of hydrogen-bond donors (Lipinski definition) is 10. The molecule has 3 aliphatic rings. The second kappa shape index (κ2) is 25.5. The van der Waals surface area contributed by atoms with Crippen molar-refractivity contribution in [2.24, 2.45) is 0 Å². The molecule has 4 amide bonds. The number of anilines is 1. The first-order valence-electron chi connectivity index (χ1n) is 19.7. The van der Waals surface area contributed by atoms with Gasteiger partial charge in [-0.3, -0.25) is 23.2 Å². The number of aryl methyl sites for hydroxylation is 1. The number of urea groups is 1. The zero-order valence-electron chi connectivity index (χ0n) is 33.4. The number of carbonyl (C=O) groups is 3. The summed E-state index contributed by atoms with van der Waals surface area (Å²) in [6.45, 7) is 2.25. The molecule has 7 unspecified atom stereocenters. The maximum atomic E-state index is 12.6. The molecule has 0 radical (unpaired) electrons. The van der Waals surface area contributed by atoms with Crippen LogP contribution in [-0.4, -0.2) is 166 Å². The number of aliphatic hydroxyl groups excluding tert-OH is 1. The minimum atomic E-state index is -5.24. The fourth-order valence-electron chi connectivity index (χ4n) is 6.59. The molecule has 11 N–H and O–H groups in total. The summed E-state index contributed by atoms with van der Waals surface area (Å²) in [6, 6.07) is 0.303. The number of phosphoric ester groups is 2. The summed E-state index contributed by atoms with van der Waals surface area (Å²) >= 11 is 1.87. The van der Waals surface area contributed by atoms with Gasteiger partial charge in [-0.1, -0.05) is 6.42 Å². The van der Waals surface area contributed by atoms with Crippen LogP contribution >= 0.6 is 27.4 Å². The molecule has 3 aliphatic heterocycles. The highest BCUT2D eigenvalue weighted by Crippen LogP contribution is 2.45. The molecule has 1 aromatic rings. The molecule has 1 aromatic heterocycles. The number of unbranched alkanes of at least 4 members (excludes halogenated alkanes) is 1. The molecular weight excluding hydrogens is 876 g/mol. The largest absolute Gasteiger partial charge is 0.470 e. The smallest absolute Gasteiger partial charge is 0.386 e. The molecule has 4 heterocycles. The number of aliphatic hydroxyl groups is 1. The van der Waals surface area contributed by atoms with Crippen molar-refractivity contribution >= 4 is 51.1 Å². The lowest BCUT2D eigenvalue weighted by molar-refractivity contribution is -0.122. The third kappa shape index (κ3) is 18.5. The number of nitrogens with zero attached hydrogens (tertiary/aromatic N) is 2. The van der Waals surface area contributed by atoms with Crippen LogP contribution in [0.25, 0.3) is 0 Å². The van der Waals surface area contributed by atoms with Gasteiger partial charge in [0, 0.05) is 48.7 Å². The van der Waals surface area contributed by atoms with Gasteiger partial charge in [0.05, 0.1) is 71.5 Å². The molecule has 25 nitrogen and oxygen atoms in total. The SMILES string of the molecule is Nc1nc(=O)n(C2OC(COP(=O)(O)O)C(OP(=O)(O)O)C2O)cc1CCCNC(=O)CCOCCOCCOCCOCCNC(=O)CCCCC1SCC2NC(=O)NC21. The number of fused-ring (bicyclic) bond motifs is 1. The fraction of sp³-hybridized carbons (Fsp3) is 0.788. The Morgan fingerprint density at radius 1 is 0.885 bits per heavy atom. The summed E-state index contributed by atoms with van der Waals surface area (Å²) in [6.07, 6.45) is -2.03. The normalized spacial score (nSPS) is 23.8. The monoisotopic (exact) mass is 933 g/mol. The molecule has 0 bridgehead atoms. The molecule has 348 valence electrons. The maximum absolute atomic E-state index is 12.6. The van der Waals surface area contributed by atoms with Crippen molar-refractivity contribution in [1.29, 1.82) is 0 Å². The van der Waals surface area contributed by atoms with Crippen LogP contribution < -0.4 is 32.7 Å². The van der Waals surface area contributed by atoms with Crippen molar-refractivity contribution in [3.05, 3.63) is 22.2 Å². The van der Waals surface area contributed by atoms with E-state index in [1.165, 1.54) is 6.20 Å². The Morgan fingerprint density at radius 2 is 1.52 bits per heavy atom. The van der Waals surface area contributed by atoms with Crippen LogP contribution in [0.15, 0.2) is 11.0 Å². The Kier molecular flexibility index (Phi) is 21.3. The number of amides is 4. The van der Waals surface area contributed by atoms with E-state index in [1.54, 1.807) is 0 Å². The number of carbonyl (C=O) groups excluding carboxylic acids is 3. The molecule has 7 atom stereocenters. The predicted molar refractivity (Wildman–Crippen MR) is 214 cm³/mol. The van der Waals surface area contributed by atoms with Crippen LogP contribution in [0.3, 0.4) is 0 Å². The van der Waals surface area contributed by atoms with Gasteiger partial charge in [-0.2, -0.15) is 16.7 Å². The molecule has 3 fully saturated rings. The van der Waals surface area contributed by atoms with E-state index in [0.717, 1.165) is 29.6 Å². The molecule has 0 spiro atoms. The zero-order valence-corrected chi connectivity index (χ0v) is 36.0. The minimum Gasteiger partial charge on any atom is -0.386 e. The number of nitrogens with one attached hydrogen (secondary N) is 4. The van der Waals surface area contributed by atoms with Crippen molar-refractivity contribution in [2.45, 2.75) is 86.8 Å². The highest BCUT2D eigenvalue weighted by atomic mass is 32.2. The Hall–Kier alpha value is -2.78. The average molecular weight is 934 g/mol. The Bertz CT molecular complexity index is 1720. The fourth-order valence-corrected chi connectivity index (χ4v) is 9.05. The highest BCUT2D eigenvalue weighted by Gasteiger charge is 2.49. The van der Waals surface area contributed by atoms with E-state index in [9.17, 15) is 43.2 Å². The number of ether oxygens (including phenoxy) is 5. The van der Waals surface area contributed by atoms with Gasteiger partial charge in [0.2, 0.25) is 11.8 Å². The molecule has 3 saturated heterocycles. The van der Waals surface area contributed by atoms with Crippen LogP contribution in [0.4, 0.5) is 10.6 Å². The summed E-state index contributed by atoms with van der Waals surface area (Å²) in [4.78, 5) is 88.7. The highest BCUT2D eigenvalue weighted by molar-refractivity contribution is 8.00. The summed E-state index contributed by atoms with van der Waals surface area (Å²) in [5.74, 6) is 0.493. The second-order valence-electron chi connectivity index (χ2n) is 14.1. The number of hydrogen-bond acceptors (Lipinski definition) is 17. The van der Waals surface area contributed by atoms with E-state index in [2.05, 4.69) is 35.3 Å². The molecular formula is C33H57N7O18P2S. The maximum Gasteiger partial charge on any atom is 0.470 e. The lowest BCUT2D eigenvalue weighted by Gasteiger charge is -2.21. The van der Waals surface area contributed by atoms with Gasteiger partial charge < -0.3 is 75.4 Å². The predicted octanol–water partition coefficient (Wildman–Crippen LogP) is -1.98. The topological polar surface area (TPSA) is 360 Å². The van der Waals surface area contributed by atoms with Gasteiger partial charge in [0.1, 0.15) is 24.1 Å². The van der Waals surface area contributed by atoms with Crippen LogP contribution in [-0.2, 0) is 57.9 Å². The number of nitrogens with two attached hydrogens (primary N) is 1. The molecule has 28 heteroatoms. The van der Waals surface area contributed by atoms with E-state index in [-0.39, 0.29) is 68.3 Å². The first kappa shape index (κ1) is 50.9. The molecule has 0 aromatic carbocycles. The number of aromatic nitrogens is 2. The summed E-state index contributed by atoms with van der Waals surface area (Å²) in [5.41, 5.74) is 5.21. The summed E-state index contributed by atoms with van der Waals surface area (Å²) in [5, 5.41) is 22.6. The van der Waals surface area contributed by atoms with Crippen molar-refractivity contribution in [3.8, 4) is 0 Å². The average Bonchev–Trinajstić information content (AvgIpc) is 3.84. The van der Waals surface area contributed by atoms with E-state index < -0.39 is 52.5 Å². The number of rotatable bonds is 30. The minimum absolute atomic E-state index is 0.00856. The Morgan fingerprint density at radius 3 is 2.20 bits per heavy atom. The van der Waals surface area contributed by atoms with Gasteiger partial charge >= 0.3 is 27.4 Å². The van der Waals surface area contributed by atoms with E-state index in [4.69, 9.17) is 39.2 Å². The Labute approximate surface area is 355 Å². The Balaban J connectivity index is 0.960. The molecule has 4 rings (SSSR count). The first-order chi connectivity index (χ1) is 29.0. The van der Waals surface area contributed by atoms with Gasteiger partial charge in [0.25, 0.3) is 0 Å². The molecule has 0 aliphatic carbocycles. The lowest BCUT2D eigenvalue weighted by atomic mass is 10.0. The molecule has 0 saturated carbocycles. The van der Waals surface area contributed by atoms with Crippen LogP contribution in [0, 0.1) is 0 Å². The quantitative estimate of drug-likeness (QED) is 0.0227. The van der Waals surface area contributed by atoms with Crippen molar-refractivity contribution in [1.82, 2.24) is 30.8 Å². The van der Waals surface area contributed by atoms with E-state index in [1.807, 2.05) is 11.8 Å². The van der Waals surface area contributed by atoms with Gasteiger partial charge in [-0.25, -0.2) is 18.7 Å². The van der Waals surface area contributed by atoms with Crippen LogP contribution in [0.2, 0.25) is 0 Å². The first-order valence-corrected chi connectivity index (χ1v) is 23.8. The van der Waals surface area contributed by atoms with Crippen molar-refractivity contribution in [2.75, 3.05) is 84.0 Å². The van der Waals surface area contributed by atoms with Crippen molar-refractivity contribution in [3.63, 3.8) is 0 Å². The van der Waals surface area contributed by atoms with Gasteiger partial charge in [-0.05, 0) is 25.7 Å². The van der Waals surface area contributed by atoms with E-state index >= 15 is 0 Å². The van der Waals surface area contributed by atoms with E-state index in [0.29, 0.717) is 69.8 Å². The number of thioether (sulfide) groups is 1. The van der Waals surface area contributed by atoms with Crippen LogP contribution in [0.5, 0.6) is 0 Å². The zero-order chi connectivity index (χ0) is 44.4. The number of nitrogen functional groups attached to an aromatic ring is 1. The standard InChI is InChI=1S/C33H57N7O18P2S/c34-30-21(18-40(33(45)39-30)31-28(43)29(58-60(49,50)51)23(57-31)19-56-59(46,47)48)4-3-8-35-26(42)7-10-52-12-14-54-16-17-55-15-13-53-11-9-36-25(41)6-2-1-5-24-27-22(20-61-24)37-32(44)38-27/h18,22-24,27-29,31,43H,1-17,19-20H2,(H,35,42)(H,36,41)(H2,34,39,45)(H2,37,38,44)(H2,46,47,48)(H2,49,50,51). The van der Waals surface area contributed by atoms with Crippen LogP contribution in [0.1, 0.15) is 50.3 Å². The van der Waals surface area contributed by atoms with Gasteiger partial charge in [-0.15, -0.1) is 0 Å². The van der Waals surface area contributed by atoms with Gasteiger partial charge in [0.15, 0.2) is 6.23 Å². The third-order valence-electron chi connectivity index (χ3n) is 9.49. The van der Waals surface area contributed by atoms with Crippen molar-refractivity contribution < 1.29 is 80.9 Å².